The van der Waals surface area contributed by atoms with Crippen molar-refractivity contribution in [3.63, 3.8) is 0 Å². The number of aromatic nitrogens is 3. The highest BCUT2D eigenvalue weighted by Crippen LogP contribution is 2.16. The van der Waals surface area contributed by atoms with Gasteiger partial charge in [0.2, 0.25) is 0 Å². The first-order valence-electron chi connectivity index (χ1n) is 8.44. The molecular formula is C21H16N4O2. The molecule has 0 aliphatic heterocycles. The van der Waals surface area contributed by atoms with Gasteiger partial charge in [-0.1, -0.05) is 12.1 Å². The molecule has 2 heterocycles. The Morgan fingerprint density at radius 3 is 2.41 bits per heavy atom. The summed E-state index contributed by atoms with van der Waals surface area (Å²) in [5, 5.41) is 3.39. The van der Waals surface area contributed by atoms with Crippen LogP contribution in [0.3, 0.4) is 0 Å². The largest absolute Gasteiger partial charge is 0.322 e. The van der Waals surface area contributed by atoms with Gasteiger partial charge in [0.15, 0.2) is 0 Å². The van der Waals surface area contributed by atoms with Gasteiger partial charge >= 0.3 is 0 Å². The third-order valence-corrected chi connectivity index (χ3v) is 4.27. The van der Waals surface area contributed by atoms with E-state index in [1.54, 1.807) is 66.3 Å². The topological polar surface area (TPSA) is 76.9 Å². The van der Waals surface area contributed by atoms with Crippen LogP contribution in [0.25, 0.3) is 16.6 Å². The van der Waals surface area contributed by atoms with E-state index in [1.165, 1.54) is 0 Å². The fourth-order valence-corrected chi connectivity index (χ4v) is 2.95. The Labute approximate surface area is 155 Å². The first-order valence-corrected chi connectivity index (χ1v) is 8.44. The lowest BCUT2D eigenvalue weighted by Crippen LogP contribution is -2.22. The minimum Gasteiger partial charge on any atom is -0.322 e. The minimum atomic E-state index is -0.217. The number of rotatable bonds is 3. The first kappa shape index (κ1) is 16.7. The fourth-order valence-electron chi connectivity index (χ4n) is 2.95. The Morgan fingerprint density at radius 2 is 1.67 bits per heavy atom. The monoisotopic (exact) mass is 356 g/mol. The molecule has 0 saturated carbocycles. The molecule has 4 rings (SSSR count). The lowest BCUT2D eigenvalue weighted by molar-refractivity contribution is 0.102. The van der Waals surface area contributed by atoms with E-state index in [4.69, 9.17) is 0 Å². The average molecular weight is 356 g/mol. The van der Waals surface area contributed by atoms with Crippen LogP contribution in [0.1, 0.15) is 16.2 Å². The van der Waals surface area contributed by atoms with Gasteiger partial charge in [0.25, 0.3) is 11.5 Å². The fraction of sp³-hybridized carbons (Fsp3) is 0.0476. The maximum atomic E-state index is 12.8. The minimum absolute atomic E-state index is 0.119. The molecule has 1 amide bonds. The summed E-state index contributed by atoms with van der Waals surface area (Å²) in [4.78, 5) is 33.5. The maximum Gasteiger partial charge on any atom is 0.265 e. The molecule has 0 spiro atoms. The Hall–Kier alpha value is -3.80. The van der Waals surface area contributed by atoms with E-state index < -0.39 is 0 Å². The Morgan fingerprint density at radius 1 is 0.963 bits per heavy atom. The van der Waals surface area contributed by atoms with Crippen LogP contribution >= 0.6 is 0 Å². The SMILES string of the molecule is Cc1nc2ccccc2c(=O)n1-c1ccc(NC(=O)c2ccncc2)cc1. The summed E-state index contributed by atoms with van der Waals surface area (Å²) in [6, 6.07) is 17.7. The molecule has 0 saturated heterocycles. The number of nitrogens with zero attached hydrogens (tertiary/aromatic N) is 3. The highest BCUT2D eigenvalue weighted by molar-refractivity contribution is 6.04. The van der Waals surface area contributed by atoms with Gasteiger partial charge < -0.3 is 5.32 Å². The van der Waals surface area contributed by atoms with Gasteiger partial charge in [0.1, 0.15) is 5.82 Å². The van der Waals surface area contributed by atoms with Crippen molar-refractivity contribution >= 4 is 22.5 Å². The number of aryl methyl sites for hydroxylation is 1. The summed E-state index contributed by atoms with van der Waals surface area (Å²) in [6.45, 7) is 1.80. The van der Waals surface area contributed by atoms with E-state index >= 15 is 0 Å². The van der Waals surface area contributed by atoms with Gasteiger partial charge in [-0.05, 0) is 55.5 Å². The van der Waals surface area contributed by atoms with E-state index in [1.807, 2.05) is 18.2 Å². The molecular weight excluding hydrogens is 340 g/mol. The number of benzene rings is 2. The number of hydrogen-bond acceptors (Lipinski definition) is 4. The lowest BCUT2D eigenvalue weighted by Gasteiger charge is -2.12. The zero-order valence-corrected chi connectivity index (χ0v) is 14.6. The number of carbonyl (C=O) groups excluding carboxylic acids is 1. The zero-order valence-electron chi connectivity index (χ0n) is 14.6. The Bertz CT molecular complexity index is 1180. The standard InChI is InChI=1S/C21H16N4O2/c1-14-23-19-5-3-2-4-18(19)21(27)25(14)17-8-6-16(7-9-17)24-20(26)15-10-12-22-13-11-15/h2-13H,1H3,(H,24,26). The summed E-state index contributed by atoms with van der Waals surface area (Å²) in [7, 11) is 0. The zero-order chi connectivity index (χ0) is 18.8. The summed E-state index contributed by atoms with van der Waals surface area (Å²) < 4.78 is 1.57. The van der Waals surface area contributed by atoms with Crippen molar-refractivity contribution < 1.29 is 4.79 Å². The van der Waals surface area contributed by atoms with Crippen LogP contribution in [-0.4, -0.2) is 20.4 Å². The molecule has 2 aromatic carbocycles. The van der Waals surface area contributed by atoms with E-state index in [9.17, 15) is 9.59 Å². The maximum absolute atomic E-state index is 12.8. The van der Waals surface area contributed by atoms with E-state index in [0.29, 0.717) is 33.7 Å². The summed E-state index contributed by atoms with van der Waals surface area (Å²) in [5.41, 5.74) is 2.42. The van der Waals surface area contributed by atoms with Gasteiger partial charge in [0, 0.05) is 23.6 Å². The molecule has 0 atom stereocenters. The van der Waals surface area contributed by atoms with E-state index in [0.717, 1.165) is 0 Å². The lowest BCUT2D eigenvalue weighted by atomic mass is 10.2. The smallest absolute Gasteiger partial charge is 0.265 e. The molecule has 0 fully saturated rings. The van der Waals surface area contributed by atoms with Crippen LogP contribution in [0.2, 0.25) is 0 Å². The van der Waals surface area contributed by atoms with Crippen LogP contribution in [-0.2, 0) is 0 Å². The number of pyridine rings is 1. The van der Waals surface area contributed by atoms with Crippen molar-refractivity contribution in [1.82, 2.24) is 14.5 Å². The van der Waals surface area contributed by atoms with Crippen LogP contribution in [0, 0.1) is 6.92 Å². The van der Waals surface area contributed by atoms with Crippen molar-refractivity contribution in [2.45, 2.75) is 6.92 Å². The van der Waals surface area contributed by atoms with Gasteiger partial charge in [-0.2, -0.15) is 0 Å². The molecule has 27 heavy (non-hydrogen) atoms. The Kier molecular flexibility index (Phi) is 4.22. The van der Waals surface area contributed by atoms with Gasteiger partial charge in [-0.15, -0.1) is 0 Å². The number of fused-ring (bicyclic) bond motifs is 1. The number of carbonyl (C=O) groups is 1. The van der Waals surface area contributed by atoms with Gasteiger partial charge in [0.05, 0.1) is 16.6 Å². The molecule has 6 nitrogen and oxygen atoms in total. The molecule has 132 valence electrons. The van der Waals surface area contributed by atoms with Crippen LogP contribution < -0.4 is 10.9 Å². The molecule has 2 aromatic heterocycles. The summed E-state index contributed by atoms with van der Waals surface area (Å²) in [6.07, 6.45) is 3.14. The molecule has 0 radical (unpaired) electrons. The van der Waals surface area contributed by atoms with E-state index in [-0.39, 0.29) is 11.5 Å². The van der Waals surface area contributed by atoms with Crippen molar-refractivity contribution in [3.05, 3.63) is 94.8 Å². The molecule has 0 aliphatic carbocycles. The summed E-state index contributed by atoms with van der Waals surface area (Å²) >= 11 is 0. The van der Waals surface area contributed by atoms with Gasteiger partial charge in [-0.3, -0.25) is 19.1 Å². The quantitative estimate of drug-likeness (QED) is 0.611. The number of para-hydroxylation sites is 1. The van der Waals surface area contributed by atoms with Gasteiger partial charge in [-0.25, -0.2) is 4.98 Å². The highest BCUT2D eigenvalue weighted by Gasteiger charge is 2.10. The average Bonchev–Trinajstić information content (AvgIpc) is 2.70. The molecule has 0 unspecified atom stereocenters. The van der Waals surface area contributed by atoms with Crippen LogP contribution in [0.5, 0.6) is 0 Å². The normalized spacial score (nSPS) is 10.7. The summed E-state index contributed by atoms with van der Waals surface area (Å²) in [5.74, 6) is 0.387. The molecule has 6 heteroatoms. The third kappa shape index (κ3) is 3.20. The van der Waals surface area contributed by atoms with Crippen LogP contribution in [0.15, 0.2) is 77.9 Å². The van der Waals surface area contributed by atoms with E-state index in [2.05, 4.69) is 15.3 Å². The predicted octanol–water partition coefficient (Wildman–Crippen LogP) is 3.34. The molecule has 0 bridgehead atoms. The Balaban J connectivity index is 1.66. The second-order valence-electron chi connectivity index (χ2n) is 6.05. The second kappa shape index (κ2) is 6.84. The van der Waals surface area contributed by atoms with Crippen molar-refractivity contribution in [2.75, 3.05) is 5.32 Å². The third-order valence-electron chi connectivity index (χ3n) is 4.27. The first-order chi connectivity index (χ1) is 13.1. The van der Waals surface area contributed by atoms with Crippen molar-refractivity contribution in [1.29, 1.82) is 0 Å². The number of hydrogen-bond donors (Lipinski definition) is 1. The number of anilines is 1. The highest BCUT2D eigenvalue weighted by atomic mass is 16.1. The van der Waals surface area contributed by atoms with Crippen molar-refractivity contribution in [2.24, 2.45) is 0 Å². The predicted molar refractivity (Wildman–Crippen MR) is 104 cm³/mol. The van der Waals surface area contributed by atoms with Crippen molar-refractivity contribution in [3.8, 4) is 5.69 Å². The molecule has 0 aliphatic rings. The number of nitrogens with one attached hydrogen (secondary N) is 1. The molecule has 1 N–H and O–H groups in total. The number of amides is 1. The second-order valence-corrected chi connectivity index (χ2v) is 6.05. The van der Waals surface area contributed by atoms with Crippen LogP contribution in [0.4, 0.5) is 5.69 Å². The molecule has 4 aromatic rings.